The lowest BCUT2D eigenvalue weighted by molar-refractivity contribution is 0.170. The van der Waals surface area contributed by atoms with Crippen molar-refractivity contribution >= 4 is 27.3 Å². The molecule has 1 unspecified atom stereocenters. The molecular weight excluding hydrogens is 228 g/mol. The van der Waals surface area contributed by atoms with Crippen LogP contribution in [0, 0.1) is 0 Å². The van der Waals surface area contributed by atoms with E-state index in [9.17, 15) is 5.11 Å². The third-order valence-electron chi connectivity index (χ3n) is 1.22. The van der Waals surface area contributed by atoms with Crippen LogP contribution in [0.15, 0.2) is 9.98 Å². The van der Waals surface area contributed by atoms with Gasteiger partial charge >= 0.3 is 0 Å². The van der Waals surface area contributed by atoms with Gasteiger partial charge in [0, 0.05) is 0 Å². The second-order valence-corrected chi connectivity index (χ2v) is 4.54. The molecule has 0 aliphatic heterocycles. The van der Waals surface area contributed by atoms with Gasteiger partial charge < -0.3 is 10.8 Å². The molecule has 3 nitrogen and oxygen atoms in total. The third kappa shape index (κ3) is 2.52. The average molecular weight is 237 g/mol. The van der Waals surface area contributed by atoms with Gasteiger partial charge in [-0.05, 0) is 28.9 Å². The van der Waals surface area contributed by atoms with Crippen LogP contribution in [0.25, 0.3) is 0 Å². The fraction of sp³-hybridized carbons (Fsp3) is 0.500. The minimum absolute atomic E-state index is 0.484. The molecular formula is C6H9BrN2OS. The zero-order valence-electron chi connectivity index (χ0n) is 5.83. The number of thiazole rings is 1. The molecule has 0 saturated carbocycles. The summed E-state index contributed by atoms with van der Waals surface area (Å²) < 4.78 is 0.934. The Morgan fingerprint density at radius 1 is 1.82 bits per heavy atom. The minimum Gasteiger partial charge on any atom is -0.386 e. The Morgan fingerprint density at radius 3 is 3.00 bits per heavy atom. The van der Waals surface area contributed by atoms with Crippen molar-refractivity contribution in [1.82, 2.24) is 4.98 Å². The van der Waals surface area contributed by atoms with Gasteiger partial charge in [0.15, 0.2) is 0 Å². The molecule has 5 heteroatoms. The van der Waals surface area contributed by atoms with Crippen LogP contribution in [-0.4, -0.2) is 16.6 Å². The van der Waals surface area contributed by atoms with Crippen molar-refractivity contribution < 1.29 is 5.11 Å². The molecule has 1 heterocycles. The number of nitrogens with zero attached hydrogens (tertiary/aromatic N) is 1. The van der Waals surface area contributed by atoms with Gasteiger partial charge in [-0.2, -0.15) is 0 Å². The average Bonchev–Trinajstić information content (AvgIpc) is 2.36. The van der Waals surface area contributed by atoms with Crippen LogP contribution in [0.3, 0.4) is 0 Å². The fourth-order valence-electron chi connectivity index (χ4n) is 0.702. The van der Waals surface area contributed by atoms with Crippen molar-refractivity contribution in [1.29, 1.82) is 0 Å². The maximum Gasteiger partial charge on any atom is 0.122 e. The molecule has 1 aromatic heterocycles. The van der Waals surface area contributed by atoms with Crippen LogP contribution in [0.4, 0.5) is 0 Å². The highest BCUT2D eigenvalue weighted by molar-refractivity contribution is 9.11. The Labute approximate surface area is 77.4 Å². The summed E-state index contributed by atoms with van der Waals surface area (Å²) in [6.07, 6.45) is 1.75. The number of hydrogen-bond donors (Lipinski definition) is 2. The maximum atomic E-state index is 9.38. The number of halogens is 1. The lowest BCUT2D eigenvalue weighted by atomic mass is 10.3. The normalized spacial score (nSPS) is 13.4. The van der Waals surface area contributed by atoms with Crippen LogP contribution >= 0.6 is 27.3 Å². The van der Waals surface area contributed by atoms with Gasteiger partial charge in [-0.25, -0.2) is 4.98 Å². The van der Waals surface area contributed by atoms with E-state index < -0.39 is 6.10 Å². The first-order valence-electron chi connectivity index (χ1n) is 3.23. The number of hydrogen-bond acceptors (Lipinski definition) is 4. The van der Waals surface area contributed by atoms with E-state index in [0.29, 0.717) is 13.0 Å². The van der Waals surface area contributed by atoms with Gasteiger partial charge in [0.1, 0.15) is 11.1 Å². The first-order valence-corrected chi connectivity index (χ1v) is 4.84. The molecule has 11 heavy (non-hydrogen) atoms. The largest absolute Gasteiger partial charge is 0.386 e. The van der Waals surface area contributed by atoms with Gasteiger partial charge in [0.05, 0.1) is 9.98 Å². The quantitative estimate of drug-likeness (QED) is 0.832. The molecule has 62 valence electrons. The summed E-state index contributed by atoms with van der Waals surface area (Å²) in [5.41, 5.74) is 5.28. The standard InChI is InChI=1S/C6H9BrN2OS/c7-5-3-9-6(11-5)4(10)1-2-8/h3-4,10H,1-2,8H2. The van der Waals surface area contributed by atoms with Gasteiger partial charge in [-0.15, -0.1) is 11.3 Å². The third-order valence-corrected chi connectivity index (χ3v) is 2.80. The number of rotatable bonds is 3. The van der Waals surface area contributed by atoms with Crippen LogP contribution in [0.5, 0.6) is 0 Å². The molecule has 1 aromatic rings. The Balaban J connectivity index is 2.60. The molecule has 0 aliphatic carbocycles. The summed E-state index contributed by atoms with van der Waals surface area (Å²) in [5, 5.41) is 10.1. The van der Waals surface area contributed by atoms with Crippen molar-refractivity contribution in [2.24, 2.45) is 5.73 Å². The maximum absolute atomic E-state index is 9.38. The highest BCUT2D eigenvalue weighted by Crippen LogP contribution is 2.25. The van der Waals surface area contributed by atoms with E-state index in [4.69, 9.17) is 5.73 Å². The van der Waals surface area contributed by atoms with E-state index in [1.165, 1.54) is 11.3 Å². The molecule has 0 fully saturated rings. The number of aliphatic hydroxyl groups is 1. The summed E-state index contributed by atoms with van der Waals surface area (Å²) in [4.78, 5) is 4.00. The highest BCUT2D eigenvalue weighted by Gasteiger charge is 2.09. The molecule has 3 N–H and O–H groups in total. The summed E-state index contributed by atoms with van der Waals surface area (Å²) in [7, 11) is 0. The zero-order chi connectivity index (χ0) is 8.27. The van der Waals surface area contributed by atoms with E-state index in [1.807, 2.05) is 0 Å². The second-order valence-electron chi connectivity index (χ2n) is 2.10. The summed E-state index contributed by atoms with van der Waals surface area (Å²) in [6, 6.07) is 0. The SMILES string of the molecule is NCCC(O)c1ncc(Br)s1. The fourth-order valence-corrected chi connectivity index (χ4v) is 1.97. The number of aromatic nitrogens is 1. The van der Waals surface area contributed by atoms with Crippen molar-refractivity contribution in [2.45, 2.75) is 12.5 Å². The van der Waals surface area contributed by atoms with Crippen molar-refractivity contribution in [3.63, 3.8) is 0 Å². The van der Waals surface area contributed by atoms with Crippen LogP contribution < -0.4 is 5.73 Å². The molecule has 0 bridgehead atoms. The lowest BCUT2D eigenvalue weighted by Gasteiger charge is -2.02. The Morgan fingerprint density at radius 2 is 2.55 bits per heavy atom. The predicted octanol–water partition coefficient (Wildman–Crippen LogP) is 1.29. The molecule has 0 amide bonds. The molecule has 0 aromatic carbocycles. The number of aliphatic hydroxyl groups excluding tert-OH is 1. The monoisotopic (exact) mass is 236 g/mol. The Kier molecular flexibility index (Phi) is 3.45. The highest BCUT2D eigenvalue weighted by atomic mass is 79.9. The van der Waals surface area contributed by atoms with Gasteiger partial charge in [-0.3, -0.25) is 0 Å². The van der Waals surface area contributed by atoms with Crippen molar-refractivity contribution in [3.8, 4) is 0 Å². The minimum atomic E-state index is -0.503. The lowest BCUT2D eigenvalue weighted by Crippen LogP contribution is -2.06. The van der Waals surface area contributed by atoms with E-state index in [2.05, 4.69) is 20.9 Å². The summed E-state index contributed by atoms with van der Waals surface area (Å²) in [6.45, 7) is 0.484. The van der Waals surface area contributed by atoms with E-state index >= 15 is 0 Å². The molecule has 1 rings (SSSR count). The Hall–Kier alpha value is 0.0300. The van der Waals surface area contributed by atoms with Crippen LogP contribution in [-0.2, 0) is 0 Å². The van der Waals surface area contributed by atoms with Gasteiger partial charge in [0.25, 0.3) is 0 Å². The van der Waals surface area contributed by atoms with E-state index in [-0.39, 0.29) is 0 Å². The van der Waals surface area contributed by atoms with Crippen molar-refractivity contribution in [2.75, 3.05) is 6.54 Å². The topological polar surface area (TPSA) is 59.1 Å². The van der Waals surface area contributed by atoms with Gasteiger partial charge in [-0.1, -0.05) is 0 Å². The summed E-state index contributed by atoms with van der Waals surface area (Å²) >= 11 is 4.70. The molecule has 0 saturated heterocycles. The second kappa shape index (κ2) is 4.15. The first-order chi connectivity index (χ1) is 5.24. The molecule has 0 aliphatic rings. The Bertz CT molecular complexity index is 228. The number of nitrogens with two attached hydrogens (primary N) is 1. The van der Waals surface area contributed by atoms with Gasteiger partial charge in [0.2, 0.25) is 0 Å². The first kappa shape index (κ1) is 9.12. The van der Waals surface area contributed by atoms with Crippen LogP contribution in [0.1, 0.15) is 17.5 Å². The van der Waals surface area contributed by atoms with Crippen molar-refractivity contribution in [3.05, 3.63) is 15.0 Å². The molecule has 0 radical (unpaired) electrons. The molecule has 1 atom stereocenters. The summed E-state index contributed by atoms with van der Waals surface area (Å²) in [5.74, 6) is 0. The molecule has 0 spiro atoms. The zero-order valence-corrected chi connectivity index (χ0v) is 8.23. The van der Waals surface area contributed by atoms with E-state index in [0.717, 1.165) is 8.79 Å². The smallest absolute Gasteiger partial charge is 0.122 e. The van der Waals surface area contributed by atoms with E-state index in [1.54, 1.807) is 6.20 Å². The van der Waals surface area contributed by atoms with Crippen LogP contribution in [0.2, 0.25) is 0 Å². The predicted molar refractivity (Wildman–Crippen MR) is 48.4 cm³/mol.